The Morgan fingerprint density at radius 3 is 2.56 bits per heavy atom. The van der Waals surface area contributed by atoms with Crippen LogP contribution in [0.4, 0.5) is 0 Å². The van der Waals surface area contributed by atoms with E-state index in [4.69, 9.17) is 25.8 Å². The van der Waals surface area contributed by atoms with Gasteiger partial charge < -0.3 is 14.2 Å². The van der Waals surface area contributed by atoms with Crippen LogP contribution in [-0.4, -0.2) is 26.1 Å². The molecule has 0 aromatic heterocycles. The van der Waals surface area contributed by atoms with E-state index in [1.807, 2.05) is 43.3 Å². The number of aryl methyl sites for hydroxylation is 2. The van der Waals surface area contributed by atoms with Crippen LogP contribution in [0.2, 0.25) is 5.02 Å². The van der Waals surface area contributed by atoms with Crippen LogP contribution in [0.5, 0.6) is 11.5 Å². The summed E-state index contributed by atoms with van der Waals surface area (Å²) < 4.78 is 16.0. The number of nitrogens with zero attached hydrogens (tertiary/aromatic N) is 1. The molecule has 1 heterocycles. The van der Waals surface area contributed by atoms with E-state index < -0.39 is 5.97 Å². The topological polar surface area (TPSA) is 57.1 Å². The molecule has 0 N–H and O–H groups in total. The summed E-state index contributed by atoms with van der Waals surface area (Å²) in [6.07, 6.45) is 2.77. The minimum atomic E-state index is -0.481. The van der Waals surface area contributed by atoms with Gasteiger partial charge in [-0.25, -0.2) is 9.79 Å². The first-order valence-electron chi connectivity index (χ1n) is 8.49. The normalized spacial score (nSPS) is 14.9. The molecule has 6 heteroatoms. The van der Waals surface area contributed by atoms with Crippen LogP contribution < -0.4 is 9.47 Å². The molecule has 0 unspecified atom stereocenters. The third-order valence-electron chi connectivity index (χ3n) is 4.27. The van der Waals surface area contributed by atoms with Gasteiger partial charge in [0.15, 0.2) is 11.6 Å². The number of aliphatic imine (C=N–C) groups is 1. The molecular weight excluding hydrogens is 366 g/mol. The predicted molar refractivity (Wildman–Crippen MR) is 106 cm³/mol. The molecule has 0 bridgehead atoms. The van der Waals surface area contributed by atoms with Gasteiger partial charge in [-0.05, 0) is 48.7 Å². The number of benzene rings is 2. The first-order valence-corrected chi connectivity index (χ1v) is 8.87. The summed E-state index contributed by atoms with van der Waals surface area (Å²) in [5, 5.41) is 0.690. The van der Waals surface area contributed by atoms with Gasteiger partial charge in [-0.15, -0.1) is 0 Å². The molecule has 2 aromatic rings. The number of methoxy groups -OCH3 is 2. The highest BCUT2D eigenvalue weighted by Gasteiger charge is 2.23. The molecule has 140 valence electrons. The van der Waals surface area contributed by atoms with Gasteiger partial charge in [0.2, 0.25) is 0 Å². The number of rotatable bonds is 6. The Balaban J connectivity index is 1.82. The summed E-state index contributed by atoms with van der Waals surface area (Å²) >= 11 is 6.16. The number of esters is 1. The summed E-state index contributed by atoms with van der Waals surface area (Å²) in [7, 11) is 3.18. The van der Waals surface area contributed by atoms with Crippen molar-refractivity contribution < 1.29 is 19.0 Å². The van der Waals surface area contributed by atoms with Crippen LogP contribution in [0.3, 0.4) is 0 Å². The lowest BCUT2D eigenvalue weighted by atomic mass is 10.1. The first-order chi connectivity index (χ1) is 13.0. The largest absolute Gasteiger partial charge is 0.496 e. The van der Waals surface area contributed by atoms with Gasteiger partial charge in [0, 0.05) is 17.0 Å². The molecule has 1 aliphatic heterocycles. The molecule has 5 nitrogen and oxygen atoms in total. The van der Waals surface area contributed by atoms with Gasteiger partial charge in [0.1, 0.15) is 11.5 Å². The lowest BCUT2D eigenvalue weighted by Crippen LogP contribution is -2.05. The molecule has 0 aliphatic carbocycles. The first kappa shape index (κ1) is 19.0. The number of cyclic esters (lactones) is 1. The van der Waals surface area contributed by atoms with Crippen molar-refractivity contribution in [3.63, 3.8) is 0 Å². The van der Waals surface area contributed by atoms with Crippen LogP contribution in [0.15, 0.2) is 47.1 Å². The molecule has 0 amide bonds. The Morgan fingerprint density at radius 2 is 1.85 bits per heavy atom. The Hall–Kier alpha value is -2.79. The number of hydrogen-bond acceptors (Lipinski definition) is 5. The maximum absolute atomic E-state index is 12.2. The Kier molecular flexibility index (Phi) is 5.81. The quantitative estimate of drug-likeness (QED) is 0.539. The van der Waals surface area contributed by atoms with Gasteiger partial charge in [0.05, 0.1) is 14.2 Å². The highest BCUT2D eigenvalue weighted by Crippen LogP contribution is 2.31. The monoisotopic (exact) mass is 385 g/mol. The highest BCUT2D eigenvalue weighted by atomic mass is 35.5. The summed E-state index contributed by atoms with van der Waals surface area (Å²) in [4.78, 5) is 16.5. The Bertz CT molecular complexity index is 934. The van der Waals surface area contributed by atoms with E-state index >= 15 is 0 Å². The fourth-order valence-electron chi connectivity index (χ4n) is 2.84. The number of carbonyl (C=O) groups excluding carboxylic acids is 1. The summed E-state index contributed by atoms with van der Waals surface area (Å²) in [6, 6.07) is 11.2. The van der Waals surface area contributed by atoms with Crippen LogP contribution in [0.1, 0.15) is 23.1 Å². The van der Waals surface area contributed by atoms with Crippen molar-refractivity contribution in [1.29, 1.82) is 0 Å². The van der Waals surface area contributed by atoms with E-state index in [9.17, 15) is 4.79 Å². The van der Waals surface area contributed by atoms with Gasteiger partial charge in [0.25, 0.3) is 0 Å². The minimum absolute atomic E-state index is 0.230. The summed E-state index contributed by atoms with van der Waals surface area (Å²) in [5.74, 6) is 1.24. The number of halogens is 1. The predicted octanol–water partition coefficient (Wildman–Crippen LogP) is 4.59. The molecule has 0 spiro atoms. The highest BCUT2D eigenvalue weighted by molar-refractivity contribution is 6.31. The van der Waals surface area contributed by atoms with Crippen molar-refractivity contribution >= 4 is 29.5 Å². The van der Waals surface area contributed by atoms with E-state index in [0.29, 0.717) is 40.8 Å². The molecule has 0 atom stereocenters. The Morgan fingerprint density at radius 1 is 1.11 bits per heavy atom. The van der Waals surface area contributed by atoms with E-state index in [1.165, 1.54) is 0 Å². The van der Waals surface area contributed by atoms with Crippen LogP contribution >= 0.6 is 11.6 Å². The van der Waals surface area contributed by atoms with Crippen molar-refractivity contribution in [2.24, 2.45) is 4.99 Å². The number of ether oxygens (including phenoxy) is 3. The maximum atomic E-state index is 12.2. The van der Waals surface area contributed by atoms with Crippen LogP contribution in [-0.2, 0) is 16.0 Å². The van der Waals surface area contributed by atoms with Gasteiger partial charge in [-0.3, -0.25) is 0 Å². The molecule has 0 saturated heterocycles. The number of carbonyl (C=O) groups is 1. The molecule has 0 radical (unpaired) electrons. The SMILES string of the molecule is COc1cc(/C=C2/N=C(CCc3ccccc3Cl)OC2=O)c(OC)cc1C. The van der Waals surface area contributed by atoms with E-state index in [2.05, 4.69) is 4.99 Å². The van der Waals surface area contributed by atoms with E-state index in [0.717, 1.165) is 11.1 Å². The van der Waals surface area contributed by atoms with E-state index in [1.54, 1.807) is 20.3 Å². The van der Waals surface area contributed by atoms with Gasteiger partial charge >= 0.3 is 5.97 Å². The third-order valence-corrected chi connectivity index (χ3v) is 4.64. The standard InChI is InChI=1S/C21H20ClNO4/c1-13-10-19(26-3)15(12-18(13)25-2)11-17-21(24)27-20(23-17)9-8-14-6-4-5-7-16(14)22/h4-7,10-12H,8-9H2,1-3H3/b17-11+. The second-order valence-electron chi connectivity index (χ2n) is 6.08. The maximum Gasteiger partial charge on any atom is 0.363 e. The van der Waals surface area contributed by atoms with Crippen molar-refractivity contribution in [1.82, 2.24) is 0 Å². The average molecular weight is 386 g/mol. The summed E-state index contributed by atoms with van der Waals surface area (Å²) in [5.41, 5.74) is 2.85. The molecule has 3 rings (SSSR count). The lowest BCUT2D eigenvalue weighted by Gasteiger charge is -2.10. The second-order valence-corrected chi connectivity index (χ2v) is 6.49. The average Bonchev–Trinajstić information content (AvgIpc) is 3.01. The Labute approximate surface area is 163 Å². The van der Waals surface area contributed by atoms with Gasteiger partial charge in [-0.1, -0.05) is 29.8 Å². The summed E-state index contributed by atoms with van der Waals surface area (Å²) in [6.45, 7) is 1.92. The molecular formula is C21H20ClNO4. The molecule has 0 saturated carbocycles. The molecule has 27 heavy (non-hydrogen) atoms. The smallest absolute Gasteiger partial charge is 0.363 e. The van der Waals surface area contributed by atoms with Crippen molar-refractivity contribution in [2.75, 3.05) is 14.2 Å². The fraction of sp³-hybridized carbons (Fsp3) is 0.238. The van der Waals surface area contributed by atoms with Crippen molar-refractivity contribution in [3.8, 4) is 11.5 Å². The third kappa shape index (κ3) is 4.31. The van der Waals surface area contributed by atoms with Crippen molar-refractivity contribution in [2.45, 2.75) is 19.8 Å². The minimum Gasteiger partial charge on any atom is -0.496 e. The van der Waals surface area contributed by atoms with E-state index in [-0.39, 0.29) is 5.70 Å². The van der Waals surface area contributed by atoms with Gasteiger partial charge in [-0.2, -0.15) is 0 Å². The van der Waals surface area contributed by atoms with Crippen LogP contribution in [0, 0.1) is 6.92 Å². The lowest BCUT2D eigenvalue weighted by molar-refractivity contribution is -0.130. The second kappa shape index (κ2) is 8.27. The fourth-order valence-corrected chi connectivity index (χ4v) is 3.07. The zero-order valence-electron chi connectivity index (χ0n) is 15.4. The molecule has 2 aromatic carbocycles. The van der Waals surface area contributed by atoms with Crippen LogP contribution in [0.25, 0.3) is 6.08 Å². The van der Waals surface area contributed by atoms with Crippen molar-refractivity contribution in [3.05, 3.63) is 63.8 Å². The molecule has 1 aliphatic rings. The number of hydrogen-bond donors (Lipinski definition) is 0. The zero-order valence-corrected chi connectivity index (χ0v) is 16.2. The zero-order chi connectivity index (χ0) is 19.4. The molecule has 0 fully saturated rings.